The Labute approximate surface area is 191 Å². The molecule has 0 aliphatic heterocycles. The largest absolute Gasteiger partial charge is 0.480 e. The van der Waals surface area contributed by atoms with Crippen LogP contribution >= 0.6 is 11.8 Å². The van der Waals surface area contributed by atoms with Crippen LogP contribution in [0.15, 0.2) is 30.3 Å². The lowest BCUT2D eigenvalue weighted by Gasteiger charge is -2.25. The second kappa shape index (κ2) is 13.7. The highest BCUT2D eigenvalue weighted by Crippen LogP contribution is 2.05. The molecule has 7 N–H and O–H groups in total. The van der Waals surface area contributed by atoms with Crippen molar-refractivity contribution in [3.63, 3.8) is 0 Å². The number of aliphatic hydroxyl groups is 1. The molecule has 1 aromatic rings. The Morgan fingerprint density at radius 2 is 1.62 bits per heavy atom. The van der Waals surface area contributed by atoms with Crippen molar-refractivity contribution < 1.29 is 29.4 Å². The van der Waals surface area contributed by atoms with Crippen LogP contribution in [-0.4, -0.2) is 76.2 Å². The fourth-order valence-corrected chi connectivity index (χ4v) is 3.25. The molecule has 5 atom stereocenters. The molecular weight excluding hydrogens is 436 g/mol. The van der Waals surface area contributed by atoms with Crippen molar-refractivity contribution in [1.29, 1.82) is 0 Å². The summed E-state index contributed by atoms with van der Waals surface area (Å²) in [5.74, 6) is -2.64. The zero-order chi connectivity index (χ0) is 24.3. The summed E-state index contributed by atoms with van der Waals surface area (Å²) >= 11 is 1.54. The number of amides is 3. The zero-order valence-electron chi connectivity index (χ0n) is 18.4. The molecule has 0 aliphatic rings. The lowest BCUT2D eigenvalue weighted by Crippen LogP contribution is -2.59. The number of carbonyl (C=O) groups excluding carboxylic acids is 3. The maximum Gasteiger partial charge on any atom is 0.326 e. The third-order valence-corrected chi connectivity index (χ3v) is 5.33. The smallest absolute Gasteiger partial charge is 0.326 e. The Hall–Kier alpha value is -2.63. The Kier molecular flexibility index (Phi) is 11.7. The average Bonchev–Trinajstić information content (AvgIpc) is 2.75. The molecule has 11 heteroatoms. The highest BCUT2D eigenvalue weighted by Gasteiger charge is 2.31. The number of carboxylic acid groups (broad SMARTS) is 1. The van der Waals surface area contributed by atoms with Crippen molar-refractivity contribution in [2.75, 3.05) is 12.0 Å². The fourth-order valence-electron chi connectivity index (χ4n) is 2.76. The number of hydrogen-bond acceptors (Lipinski definition) is 7. The molecule has 0 radical (unpaired) electrons. The molecule has 0 bridgehead atoms. The SMILES string of the molecule is CSCCC(N)C(=O)NC(C)C(=O)NC(C(=O)NC(Cc1ccccc1)C(=O)O)C(C)O. The Balaban J connectivity index is 2.75. The highest BCUT2D eigenvalue weighted by molar-refractivity contribution is 7.98. The number of aliphatic carboxylic acids is 1. The van der Waals surface area contributed by atoms with Gasteiger partial charge in [0.1, 0.15) is 18.1 Å². The standard InChI is InChI=1S/C21H32N4O6S/c1-12(23-19(28)15(22)9-10-32-3)18(27)25-17(13(2)26)20(29)24-16(21(30)31)11-14-7-5-4-6-8-14/h4-8,12-13,15-17,26H,9-11,22H2,1-3H3,(H,23,28)(H,24,29)(H,25,27)(H,30,31). The van der Waals surface area contributed by atoms with Gasteiger partial charge in [-0.3, -0.25) is 14.4 Å². The van der Waals surface area contributed by atoms with E-state index >= 15 is 0 Å². The van der Waals surface area contributed by atoms with E-state index in [2.05, 4.69) is 16.0 Å². The Morgan fingerprint density at radius 3 is 2.16 bits per heavy atom. The maximum absolute atomic E-state index is 12.6. The van der Waals surface area contributed by atoms with Crippen LogP contribution in [0.25, 0.3) is 0 Å². The molecule has 1 aromatic carbocycles. The van der Waals surface area contributed by atoms with E-state index < -0.39 is 54.0 Å². The van der Waals surface area contributed by atoms with E-state index in [1.165, 1.54) is 13.8 Å². The molecule has 10 nitrogen and oxygen atoms in total. The van der Waals surface area contributed by atoms with Crippen LogP contribution in [0.5, 0.6) is 0 Å². The predicted molar refractivity (Wildman–Crippen MR) is 122 cm³/mol. The summed E-state index contributed by atoms with van der Waals surface area (Å²) in [5, 5.41) is 26.6. The summed E-state index contributed by atoms with van der Waals surface area (Å²) in [5.41, 5.74) is 6.48. The van der Waals surface area contributed by atoms with Crippen molar-refractivity contribution in [1.82, 2.24) is 16.0 Å². The molecule has 0 fully saturated rings. The van der Waals surface area contributed by atoms with E-state index in [0.29, 0.717) is 17.7 Å². The molecule has 0 saturated heterocycles. The van der Waals surface area contributed by atoms with Crippen LogP contribution in [-0.2, 0) is 25.6 Å². The molecule has 0 saturated carbocycles. The molecule has 32 heavy (non-hydrogen) atoms. The minimum absolute atomic E-state index is 0.0305. The van der Waals surface area contributed by atoms with Crippen molar-refractivity contribution in [2.24, 2.45) is 5.73 Å². The summed E-state index contributed by atoms with van der Waals surface area (Å²) < 4.78 is 0. The van der Waals surface area contributed by atoms with Crippen molar-refractivity contribution >= 4 is 35.5 Å². The average molecular weight is 469 g/mol. The summed E-state index contributed by atoms with van der Waals surface area (Å²) in [6, 6.07) is 4.27. The van der Waals surface area contributed by atoms with Gasteiger partial charge in [-0.15, -0.1) is 0 Å². The van der Waals surface area contributed by atoms with E-state index in [1.807, 2.05) is 6.26 Å². The summed E-state index contributed by atoms with van der Waals surface area (Å²) in [4.78, 5) is 48.8. The van der Waals surface area contributed by atoms with Gasteiger partial charge in [0.05, 0.1) is 12.1 Å². The quantitative estimate of drug-likeness (QED) is 0.219. The molecule has 0 heterocycles. The van der Waals surface area contributed by atoms with Gasteiger partial charge in [0.2, 0.25) is 17.7 Å². The molecule has 5 unspecified atom stereocenters. The number of rotatable bonds is 13. The van der Waals surface area contributed by atoms with E-state index in [0.717, 1.165) is 0 Å². The molecule has 0 spiro atoms. The van der Waals surface area contributed by atoms with Gasteiger partial charge in [-0.25, -0.2) is 4.79 Å². The third-order valence-electron chi connectivity index (χ3n) is 4.68. The summed E-state index contributed by atoms with van der Waals surface area (Å²) in [6.45, 7) is 2.71. The normalized spacial score (nSPS) is 15.5. The van der Waals surface area contributed by atoms with Crippen LogP contribution < -0.4 is 21.7 Å². The predicted octanol–water partition coefficient (Wildman–Crippen LogP) is -0.751. The minimum Gasteiger partial charge on any atom is -0.480 e. The van der Waals surface area contributed by atoms with Gasteiger partial charge in [0, 0.05) is 6.42 Å². The van der Waals surface area contributed by atoms with Gasteiger partial charge < -0.3 is 31.9 Å². The lowest BCUT2D eigenvalue weighted by atomic mass is 10.0. The first-order chi connectivity index (χ1) is 15.1. The van der Waals surface area contributed by atoms with Crippen LogP contribution in [0.2, 0.25) is 0 Å². The number of nitrogens with two attached hydrogens (primary N) is 1. The zero-order valence-corrected chi connectivity index (χ0v) is 19.2. The molecule has 0 aromatic heterocycles. The first kappa shape index (κ1) is 27.4. The van der Waals surface area contributed by atoms with E-state index in [1.54, 1.807) is 42.1 Å². The number of benzene rings is 1. The topological polar surface area (TPSA) is 171 Å². The molecule has 1 rings (SSSR count). The molecular formula is C21H32N4O6S. The second-order valence-electron chi connectivity index (χ2n) is 7.43. The number of thioether (sulfide) groups is 1. The molecule has 178 valence electrons. The van der Waals surface area contributed by atoms with Crippen molar-refractivity contribution in [3.05, 3.63) is 35.9 Å². The van der Waals surface area contributed by atoms with Gasteiger partial charge in [-0.1, -0.05) is 30.3 Å². The van der Waals surface area contributed by atoms with Gasteiger partial charge in [0.15, 0.2) is 0 Å². The van der Waals surface area contributed by atoms with Gasteiger partial charge in [-0.2, -0.15) is 11.8 Å². The monoisotopic (exact) mass is 468 g/mol. The van der Waals surface area contributed by atoms with Gasteiger partial charge in [0.25, 0.3) is 0 Å². The summed E-state index contributed by atoms with van der Waals surface area (Å²) in [7, 11) is 0. The Morgan fingerprint density at radius 1 is 1.00 bits per heavy atom. The van der Waals surface area contributed by atoms with E-state index in [9.17, 15) is 29.4 Å². The van der Waals surface area contributed by atoms with Crippen LogP contribution in [0.4, 0.5) is 0 Å². The maximum atomic E-state index is 12.6. The highest BCUT2D eigenvalue weighted by atomic mass is 32.2. The van der Waals surface area contributed by atoms with Crippen LogP contribution in [0.1, 0.15) is 25.8 Å². The minimum atomic E-state index is -1.41. The first-order valence-electron chi connectivity index (χ1n) is 10.2. The number of carbonyl (C=O) groups is 4. The summed E-state index contributed by atoms with van der Waals surface area (Å²) in [6.07, 6.45) is 1.05. The number of carboxylic acids is 1. The molecule has 3 amide bonds. The van der Waals surface area contributed by atoms with Gasteiger partial charge >= 0.3 is 5.97 Å². The van der Waals surface area contributed by atoms with E-state index in [4.69, 9.17) is 5.73 Å². The van der Waals surface area contributed by atoms with Crippen LogP contribution in [0, 0.1) is 0 Å². The molecule has 0 aliphatic carbocycles. The lowest BCUT2D eigenvalue weighted by molar-refractivity contribution is -0.143. The third kappa shape index (κ3) is 9.25. The second-order valence-corrected chi connectivity index (χ2v) is 8.42. The van der Waals surface area contributed by atoms with Crippen LogP contribution in [0.3, 0.4) is 0 Å². The first-order valence-corrected chi connectivity index (χ1v) is 11.6. The van der Waals surface area contributed by atoms with Crippen molar-refractivity contribution in [2.45, 2.75) is 57.0 Å². The Bertz CT molecular complexity index is 777. The number of aliphatic hydroxyl groups excluding tert-OH is 1. The fraction of sp³-hybridized carbons (Fsp3) is 0.524. The van der Waals surface area contributed by atoms with Gasteiger partial charge in [-0.05, 0) is 37.8 Å². The number of nitrogens with one attached hydrogen (secondary N) is 3. The van der Waals surface area contributed by atoms with E-state index in [-0.39, 0.29) is 6.42 Å². The van der Waals surface area contributed by atoms with Crippen molar-refractivity contribution in [3.8, 4) is 0 Å². The number of hydrogen-bond donors (Lipinski definition) is 6.